The zero-order chi connectivity index (χ0) is 13.3. The Balaban J connectivity index is 2.16. The molecule has 100 valence electrons. The third kappa shape index (κ3) is 2.62. The molecule has 1 saturated heterocycles. The van der Waals surface area contributed by atoms with E-state index in [0.717, 1.165) is 24.6 Å². The molecule has 1 aromatic heterocycles. The third-order valence-corrected chi connectivity index (χ3v) is 3.86. The Morgan fingerprint density at radius 1 is 1.28 bits per heavy atom. The van der Waals surface area contributed by atoms with Crippen LogP contribution < -0.4 is 4.90 Å². The fourth-order valence-corrected chi connectivity index (χ4v) is 2.76. The standard InChI is InChI=1S/C14H22FN3/c1-10-5-6-13(17-16-10)18-8-11(7-15)12(9-18)14(2,3)4/h5-6,11-12H,7-9H2,1-4H3. The molecule has 0 N–H and O–H groups in total. The number of aromatic nitrogens is 2. The van der Waals surface area contributed by atoms with Crippen molar-refractivity contribution in [3.63, 3.8) is 0 Å². The van der Waals surface area contributed by atoms with Gasteiger partial charge in [-0.15, -0.1) is 5.10 Å². The number of aryl methyl sites for hydroxylation is 1. The number of hydrogen-bond donors (Lipinski definition) is 0. The SMILES string of the molecule is Cc1ccc(N2CC(CF)C(C(C)(C)C)C2)nn1. The van der Waals surface area contributed by atoms with Crippen LogP contribution in [0.15, 0.2) is 12.1 Å². The summed E-state index contributed by atoms with van der Waals surface area (Å²) in [7, 11) is 0. The molecule has 4 heteroatoms. The minimum absolute atomic E-state index is 0.105. The van der Waals surface area contributed by atoms with E-state index in [2.05, 4.69) is 35.9 Å². The second kappa shape index (κ2) is 4.82. The summed E-state index contributed by atoms with van der Waals surface area (Å²) in [4.78, 5) is 2.16. The van der Waals surface area contributed by atoms with Gasteiger partial charge < -0.3 is 4.90 Å². The van der Waals surface area contributed by atoms with Crippen molar-refractivity contribution >= 4 is 5.82 Å². The van der Waals surface area contributed by atoms with Gasteiger partial charge in [0.2, 0.25) is 0 Å². The molecule has 0 radical (unpaired) electrons. The summed E-state index contributed by atoms with van der Waals surface area (Å²) in [6, 6.07) is 3.93. The average molecular weight is 251 g/mol. The fraction of sp³-hybridized carbons (Fsp3) is 0.714. The first kappa shape index (κ1) is 13.2. The Labute approximate surface area is 108 Å². The van der Waals surface area contributed by atoms with Crippen LogP contribution in [0, 0.1) is 24.2 Å². The molecule has 0 aromatic carbocycles. The smallest absolute Gasteiger partial charge is 0.151 e. The number of hydrogen-bond acceptors (Lipinski definition) is 3. The highest BCUT2D eigenvalue weighted by molar-refractivity contribution is 5.39. The first-order valence-corrected chi connectivity index (χ1v) is 6.53. The van der Waals surface area contributed by atoms with E-state index < -0.39 is 0 Å². The van der Waals surface area contributed by atoms with Gasteiger partial charge in [-0.2, -0.15) is 5.10 Å². The molecule has 1 aliphatic heterocycles. The van der Waals surface area contributed by atoms with Crippen molar-refractivity contribution in [3.05, 3.63) is 17.8 Å². The third-order valence-electron chi connectivity index (χ3n) is 3.86. The van der Waals surface area contributed by atoms with Crippen molar-refractivity contribution in [3.8, 4) is 0 Å². The van der Waals surface area contributed by atoms with Crippen LogP contribution in [0.4, 0.5) is 10.2 Å². The van der Waals surface area contributed by atoms with Gasteiger partial charge in [-0.3, -0.25) is 4.39 Å². The normalized spacial score (nSPS) is 24.6. The van der Waals surface area contributed by atoms with Gasteiger partial charge in [-0.25, -0.2) is 0 Å². The Morgan fingerprint density at radius 2 is 2.00 bits per heavy atom. The van der Waals surface area contributed by atoms with Gasteiger partial charge >= 0.3 is 0 Å². The summed E-state index contributed by atoms with van der Waals surface area (Å²) in [5, 5.41) is 8.28. The van der Waals surface area contributed by atoms with E-state index in [9.17, 15) is 4.39 Å². The predicted octanol–water partition coefficient (Wildman–Crippen LogP) is 2.85. The molecule has 2 rings (SSSR count). The molecule has 1 aliphatic rings. The summed E-state index contributed by atoms with van der Waals surface area (Å²) < 4.78 is 13.2. The van der Waals surface area contributed by atoms with Crippen LogP contribution in [0.3, 0.4) is 0 Å². The first-order valence-electron chi connectivity index (χ1n) is 6.53. The lowest BCUT2D eigenvalue weighted by Gasteiger charge is -2.30. The van der Waals surface area contributed by atoms with E-state index in [1.54, 1.807) is 0 Å². The average Bonchev–Trinajstić information content (AvgIpc) is 2.73. The first-order chi connectivity index (χ1) is 8.41. The molecule has 0 saturated carbocycles. The van der Waals surface area contributed by atoms with Crippen LogP contribution in [-0.2, 0) is 0 Å². The van der Waals surface area contributed by atoms with Crippen molar-refractivity contribution in [2.24, 2.45) is 17.3 Å². The molecule has 0 aliphatic carbocycles. The lowest BCUT2D eigenvalue weighted by molar-refractivity contribution is 0.178. The van der Waals surface area contributed by atoms with Crippen LogP contribution in [0.5, 0.6) is 0 Å². The van der Waals surface area contributed by atoms with Crippen LogP contribution >= 0.6 is 0 Å². The molecule has 0 bridgehead atoms. The monoisotopic (exact) mass is 251 g/mol. The largest absolute Gasteiger partial charge is 0.354 e. The fourth-order valence-electron chi connectivity index (χ4n) is 2.76. The minimum Gasteiger partial charge on any atom is -0.354 e. The summed E-state index contributed by atoms with van der Waals surface area (Å²) in [6.07, 6.45) is 0. The highest BCUT2D eigenvalue weighted by Crippen LogP contribution is 2.39. The van der Waals surface area contributed by atoms with Gasteiger partial charge in [0.05, 0.1) is 12.4 Å². The highest BCUT2D eigenvalue weighted by Gasteiger charge is 2.40. The van der Waals surface area contributed by atoms with Crippen LogP contribution in [0.25, 0.3) is 0 Å². The Morgan fingerprint density at radius 3 is 2.44 bits per heavy atom. The van der Waals surface area contributed by atoms with Gasteiger partial charge in [0.1, 0.15) is 0 Å². The van der Waals surface area contributed by atoms with Gasteiger partial charge in [-0.05, 0) is 30.4 Å². The minimum atomic E-state index is -0.252. The van der Waals surface area contributed by atoms with Crippen molar-refractivity contribution in [2.75, 3.05) is 24.7 Å². The maximum Gasteiger partial charge on any atom is 0.151 e. The van der Waals surface area contributed by atoms with E-state index in [0.29, 0.717) is 5.92 Å². The molecule has 1 aromatic rings. The molecule has 0 amide bonds. The van der Waals surface area contributed by atoms with E-state index in [1.165, 1.54) is 0 Å². The Hall–Kier alpha value is -1.19. The topological polar surface area (TPSA) is 29.0 Å². The summed E-state index contributed by atoms with van der Waals surface area (Å²) in [6.45, 7) is 9.84. The maximum absolute atomic E-state index is 13.2. The molecule has 2 atom stereocenters. The molecule has 18 heavy (non-hydrogen) atoms. The molecule has 2 unspecified atom stereocenters. The number of anilines is 1. The summed E-state index contributed by atoms with van der Waals surface area (Å²) in [5.41, 5.74) is 1.04. The Bertz CT molecular complexity index is 396. The van der Waals surface area contributed by atoms with Gasteiger partial charge in [-0.1, -0.05) is 20.8 Å². The number of rotatable bonds is 2. The van der Waals surface area contributed by atoms with E-state index in [-0.39, 0.29) is 18.0 Å². The van der Waals surface area contributed by atoms with Crippen LogP contribution in [-0.4, -0.2) is 30.0 Å². The predicted molar refractivity (Wildman–Crippen MR) is 71.4 cm³/mol. The number of halogens is 1. The molecular formula is C14H22FN3. The zero-order valence-electron chi connectivity index (χ0n) is 11.7. The van der Waals surface area contributed by atoms with E-state index in [1.807, 2.05) is 19.1 Å². The molecule has 2 heterocycles. The molecule has 3 nitrogen and oxygen atoms in total. The van der Waals surface area contributed by atoms with Crippen molar-refractivity contribution in [2.45, 2.75) is 27.7 Å². The number of nitrogens with zero attached hydrogens (tertiary/aromatic N) is 3. The lowest BCUT2D eigenvalue weighted by atomic mass is 9.75. The highest BCUT2D eigenvalue weighted by atomic mass is 19.1. The number of alkyl halides is 1. The maximum atomic E-state index is 13.2. The van der Waals surface area contributed by atoms with Crippen molar-refractivity contribution in [1.29, 1.82) is 0 Å². The molecular weight excluding hydrogens is 229 g/mol. The van der Waals surface area contributed by atoms with E-state index in [4.69, 9.17) is 0 Å². The second-order valence-electron chi connectivity index (χ2n) is 6.32. The van der Waals surface area contributed by atoms with Gasteiger partial charge in [0.25, 0.3) is 0 Å². The summed E-state index contributed by atoms with van der Waals surface area (Å²) in [5.74, 6) is 1.34. The van der Waals surface area contributed by atoms with Crippen molar-refractivity contribution < 1.29 is 4.39 Å². The molecule has 0 spiro atoms. The van der Waals surface area contributed by atoms with Crippen molar-refractivity contribution in [1.82, 2.24) is 10.2 Å². The quantitative estimate of drug-likeness (QED) is 0.809. The van der Waals surface area contributed by atoms with E-state index >= 15 is 0 Å². The van der Waals surface area contributed by atoms with Gasteiger partial charge in [0.15, 0.2) is 5.82 Å². The Kier molecular flexibility index (Phi) is 3.55. The van der Waals surface area contributed by atoms with Crippen LogP contribution in [0.2, 0.25) is 0 Å². The van der Waals surface area contributed by atoms with Gasteiger partial charge in [0, 0.05) is 19.0 Å². The summed E-state index contributed by atoms with van der Waals surface area (Å²) >= 11 is 0. The lowest BCUT2D eigenvalue weighted by Crippen LogP contribution is -2.29. The molecule has 1 fully saturated rings. The second-order valence-corrected chi connectivity index (χ2v) is 6.32. The zero-order valence-corrected chi connectivity index (χ0v) is 11.7. The van der Waals surface area contributed by atoms with Crippen LogP contribution in [0.1, 0.15) is 26.5 Å².